The highest BCUT2D eigenvalue weighted by Gasteiger charge is 2.81. The van der Waals surface area contributed by atoms with E-state index in [1.165, 1.54) is 13.8 Å². The van der Waals surface area contributed by atoms with Crippen LogP contribution in [0, 0.1) is 5.41 Å². The first-order chi connectivity index (χ1) is 18.2. The van der Waals surface area contributed by atoms with Gasteiger partial charge in [-0.15, -0.1) is 0 Å². The van der Waals surface area contributed by atoms with Gasteiger partial charge in [-0.05, 0) is 27.7 Å². The molecule has 0 aromatic rings. The summed E-state index contributed by atoms with van der Waals surface area (Å²) in [6.45, 7) is 10.3. The number of hydrogen-bond donors (Lipinski definition) is 0. The van der Waals surface area contributed by atoms with E-state index < -0.39 is 85.6 Å². The van der Waals surface area contributed by atoms with Crippen LogP contribution in [0.15, 0.2) is 36.5 Å². The summed E-state index contributed by atoms with van der Waals surface area (Å²) in [5.74, 6) is -25.9. The van der Waals surface area contributed by atoms with Gasteiger partial charge in [0.05, 0.1) is 6.42 Å². The van der Waals surface area contributed by atoms with Crippen molar-refractivity contribution in [1.82, 2.24) is 0 Å². The first-order valence-electron chi connectivity index (χ1n) is 11.1. The zero-order chi connectivity index (χ0) is 32.8. The number of halogens is 9. The van der Waals surface area contributed by atoms with Gasteiger partial charge in [0.25, 0.3) is 0 Å². The van der Waals surface area contributed by atoms with Gasteiger partial charge in [0.2, 0.25) is 0 Å². The molecule has 0 amide bonds. The van der Waals surface area contributed by atoms with Crippen LogP contribution in [0.1, 0.15) is 34.1 Å². The highest BCUT2D eigenvalue weighted by atomic mass is 19.4. The highest BCUT2D eigenvalue weighted by molar-refractivity contribution is 5.88. The molecule has 0 radical (unpaired) electrons. The topological polar surface area (TPSA) is 105 Å². The van der Waals surface area contributed by atoms with Crippen LogP contribution in [0.5, 0.6) is 0 Å². The van der Waals surface area contributed by atoms with Gasteiger partial charge in [0, 0.05) is 16.7 Å². The van der Waals surface area contributed by atoms with E-state index >= 15 is 0 Å². The molecule has 0 aliphatic rings. The fraction of sp³-hybridized carbons (Fsp3) is 0.583. The monoisotopic (exact) mass is 614 g/mol. The Kier molecular flexibility index (Phi) is 12.3. The van der Waals surface area contributed by atoms with Gasteiger partial charge < -0.3 is 18.9 Å². The smallest absolute Gasteiger partial charge is 0.460 e. The van der Waals surface area contributed by atoms with Crippen molar-refractivity contribution in [3.8, 4) is 0 Å². The maximum Gasteiger partial charge on any atom is 0.460 e. The Labute approximate surface area is 228 Å². The summed E-state index contributed by atoms with van der Waals surface area (Å²) in [6, 6.07) is 0. The maximum atomic E-state index is 14.4. The summed E-state index contributed by atoms with van der Waals surface area (Å²) in [4.78, 5) is 48.2. The fourth-order valence-electron chi connectivity index (χ4n) is 2.40. The zero-order valence-electron chi connectivity index (χ0n) is 22.2. The summed E-state index contributed by atoms with van der Waals surface area (Å²) in [5.41, 5.74) is -3.10. The van der Waals surface area contributed by atoms with Crippen LogP contribution in [0.2, 0.25) is 0 Å². The molecule has 234 valence electrons. The van der Waals surface area contributed by atoms with Crippen molar-refractivity contribution < 1.29 is 77.6 Å². The largest absolute Gasteiger partial charge is 0.461 e. The minimum Gasteiger partial charge on any atom is -0.461 e. The van der Waals surface area contributed by atoms with Gasteiger partial charge in [-0.3, -0.25) is 4.79 Å². The standard InChI is InChI=1S/C24H27F9O8/c1-12(2)16(34)38-9-15(8-21(25,26)22(27,28)23(29,30)24(31,32)33)41-19(37)20(7,10-39-17(35)13(3)4)11-40-18(36)14(5)6/h15H,1,3,5,8-11H2,2,4,6-7H3. The molecule has 0 N–H and O–H groups in total. The van der Waals surface area contributed by atoms with Crippen LogP contribution in [-0.4, -0.2) is 73.7 Å². The Balaban J connectivity index is 6.40. The molecule has 0 aliphatic carbocycles. The summed E-state index contributed by atoms with van der Waals surface area (Å²) < 4.78 is 139. The quantitative estimate of drug-likeness (QED) is 0.108. The Morgan fingerprint density at radius 2 is 1.02 bits per heavy atom. The Morgan fingerprint density at radius 1 is 0.659 bits per heavy atom. The lowest BCUT2D eigenvalue weighted by Gasteiger charge is -2.35. The van der Waals surface area contributed by atoms with E-state index in [4.69, 9.17) is 9.47 Å². The molecule has 17 heteroatoms. The van der Waals surface area contributed by atoms with Crippen molar-refractivity contribution in [1.29, 1.82) is 0 Å². The molecule has 0 aromatic heterocycles. The van der Waals surface area contributed by atoms with Crippen molar-refractivity contribution in [2.75, 3.05) is 19.8 Å². The summed E-state index contributed by atoms with van der Waals surface area (Å²) in [6.07, 6.45) is -12.6. The van der Waals surface area contributed by atoms with E-state index in [0.717, 1.165) is 13.8 Å². The minimum atomic E-state index is -7.24. The third-order valence-corrected chi connectivity index (χ3v) is 4.95. The van der Waals surface area contributed by atoms with Gasteiger partial charge in [-0.2, -0.15) is 39.5 Å². The molecule has 0 heterocycles. The number of alkyl halides is 9. The number of carbonyl (C=O) groups is 4. The molecular weight excluding hydrogens is 587 g/mol. The third kappa shape index (κ3) is 9.52. The minimum absolute atomic E-state index is 0.198. The number of carbonyl (C=O) groups excluding carboxylic acids is 4. The normalized spacial score (nSPS) is 13.5. The molecule has 1 unspecified atom stereocenters. The van der Waals surface area contributed by atoms with E-state index in [1.54, 1.807) is 0 Å². The Hall–Kier alpha value is -3.53. The molecule has 0 saturated heterocycles. The predicted molar refractivity (Wildman–Crippen MR) is 121 cm³/mol. The van der Waals surface area contributed by atoms with E-state index in [-0.39, 0.29) is 16.7 Å². The van der Waals surface area contributed by atoms with Crippen LogP contribution in [-0.2, 0) is 38.1 Å². The van der Waals surface area contributed by atoms with Crippen molar-refractivity contribution >= 4 is 23.9 Å². The molecule has 0 aromatic carbocycles. The van der Waals surface area contributed by atoms with Gasteiger partial charge >= 0.3 is 47.8 Å². The average Bonchev–Trinajstić information content (AvgIpc) is 2.82. The van der Waals surface area contributed by atoms with Crippen LogP contribution in [0.4, 0.5) is 39.5 Å². The fourth-order valence-corrected chi connectivity index (χ4v) is 2.40. The molecular formula is C24H27F9O8. The second-order valence-electron chi connectivity index (χ2n) is 9.23. The molecule has 0 spiro atoms. The summed E-state index contributed by atoms with van der Waals surface area (Å²) in [5, 5.41) is 0. The van der Waals surface area contributed by atoms with Crippen molar-refractivity contribution in [2.45, 2.75) is 64.2 Å². The van der Waals surface area contributed by atoms with Crippen molar-refractivity contribution in [3.05, 3.63) is 36.5 Å². The second-order valence-corrected chi connectivity index (χ2v) is 9.23. The summed E-state index contributed by atoms with van der Waals surface area (Å²) >= 11 is 0. The number of esters is 4. The van der Waals surface area contributed by atoms with Crippen LogP contribution < -0.4 is 0 Å². The van der Waals surface area contributed by atoms with E-state index in [2.05, 4.69) is 29.2 Å². The number of rotatable bonds is 15. The van der Waals surface area contributed by atoms with E-state index in [9.17, 15) is 58.7 Å². The molecule has 0 rings (SSSR count). The third-order valence-electron chi connectivity index (χ3n) is 4.95. The van der Waals surface area contributed by atoms with Gasteiger partial charge in [0.15, 0.2) is 0 Å². The van der Waals surface area contributed by atoms with E-state index in [0.29, 0.717) is 0 Å². The highest BCUT2D eigenvalue weighted by Crippen LogP contribution is 2.54. The number of ether oxygens (including phenoxy) is 4. The molecule has 1 atom stereocenters. The lowest BCUT2D eigenvalue weighted by molar-refractivity contribution is -0.398. The maximum absolute atomic E-state index is 14.4. The second kappa shape index (κ2) is 13.4. The molecule has 41 heavy (non-hydrogen) atoms. The Bertz CT molecular complexity index is 1030. The molecule has 8 nitrogen and oxygen atoms in total. The molecule has 0 saturated carbocycles. The SMILES string of the molecule is C=C(C)C(=O)OCC(CC(F)(F)C(F)(F)C(F)(F)C(F)(F)F)OC(=O)C(C)(COC(=O)C(=C)C)COC(=O)C(=C)C. The molecule has 0 bridgehead atoms. The molecule has 0 fully saturated rings. The van der Waals surface area contributed by atoms with Crippen LogP contribution in [0.25, 0.3) is 0 Å². The predicted octanol–water partition coefficient (Wildman–Crippen LogP) is 5.12. The van der Waals surface area contributed by atoms with Gasteiger partial charge in [0.1, 0.15) is 31.3 Å². The molecule has 0 aliphatic heterocycles. The zero-order valence-corrected chi connectivity index (χ0v) is 22.2. The Morgan fingerprint density at radius 3 is 1.37 bits per heavy atom. The number of hydrogen-bond acceptors (Lipinski definition) is 8. The lowest BCUT2D eigenvalue weighted by atomic mass is 9.92. The average molecular weight is 614 g/mol. The summed E-state index contributed by atoms with van der Waals surface area (Å²) in [7, 11) is 0. The van der Waals surface area contributed by atoms with Crippen molar-refractivity contribution in [2.24, 2.45) is 5.41 Å². The first-order valence-corrected chi connectivity index (χ1v) is 11.1. The van der Waals surface area contributed by atoms with E-state index in [1.807, 2.05) is 0 Å². The first kappa shape index (κ1) is 37.5. The van der Waals surface area contributed by atoms with Gasteiger partial charge in [-0.25, -0.2) is 14.4 Å². The lowest BCUT2D eigenvalue weighted by Crippen LogP contribution is -2.61. The van der Waals surface area contributed by atoms with Crippen LogP contribution >= 0.6 is 0 Å². The van der Waals surface area contributed by atoms with Crippen molar-refractivity contribution in [3.63, 3.8) is 0 Å². The van der Waals surface area contributed by atoms with Gasteiger partial charge in [-0.1, -0.05) is 19.7 Å². The van der Waals surface area contributed by atoms with Crippen LogP contribution in [0.3, 0.4) is 0 Å².